The van der Waals surface area contributed by atoms with E-state index in [2.05, 4.69) is 15.3 Å². The van der Waals surface area contributed by atoms with Gasteiger partial charge in [0.2, 0.25) is 5.88 Å². The molecule has 16 heavy (non-hydrogen) atoms. The Kier molecular flexibility index (Phi) is 3.11. The highest BCUT2D eigenvalue weighted by Gasteiger charge is 2.05. The molecule has 2 heterocycles. The van der Waals surface area contributed by atoms with E-state index in [9.17, 15) is 0 Å². The molecule has 84 valence electrons. The van der Waals surface area contributed by atoms with Crippen LogP contribution in [0.3, 0.4) is 0 Å². The van der Waals surface area contributed by atoms with Gasteiger partial charge in [0.05, 0.1) is 25.5 Å². The summed E-state index contributed by atoms with van der Waals surface area (Å²) >= 11 is 0. The quantitative estimate of drug-likeness (QED) is 0.800. The van der Waals surface area contributed by atoms with Gasteiger partial charge >= 0.3 is 0 Å². The molecule has 2 aromatic heterocycles. The second-order valence-electron chi connectivity index (χ2n) is 3.22. The summed E-state index contributed by atoms with van der Waals surface area (Å²) in [6, 6.07) is 5.51. The average molecular weight is 219 g/mol. The first kappa shape index (κ1) is 10.6. The van der Waals surface area contributed by atoms with Crippen molar-refractivity contribution >= 4 is 0 Å². The Morgan fingerprint density at radius 1 is 1.38 bits per heavy atom. The zero-order valence-electron chi connectivity index (χ0n) is 9.00. The zero-order valence-corrected chi connectivity index (χ0v) is 9.00. The zero-order chi connectivity index (χ0) is 11.4. The second kappa shape index (κ2) is 4.71. The lowest BCUT2D eigenvalue weighted by atomic mass is 10.3. The summed E-state index contributed by atoms with van der Waals surface area (Å²) in [7, 11) is 1.58. The fourth-order valence-electron chi connectivity index (χ4n) is 1.33. The van der Waals surface area contributed by atoms with Gasteiger partial charge in [-0.05, 0) is 6.07 Å². The molecule has 0 aromatic carbocycles. The Bertz CT molecular complexity index is 468. The first-order valence-corrected chi connectivity index (χ1v) is 4.95. The minimum Gasteiger partial charge on any atom is -0.481 e. The maximum absolute atomic E-state index is 5.43. The van der Waals surface area contributed by atoms with E-state index in [1.54, 1.807) is 17.9 Å². The van der Waals surface area contributed by atoms with Gasteiger partial charge < -0.3 is 10.5 Å². The maximum atomic E-state index is 5.43. The Hall–Kier alpha value is -1.95. The predicted molar refractivity (Wildman–Crippen MR) is 58.9 cm³/mol. The number of nitrogens with two attached hydrogens (primary N) is 1. The van der Waals surface area contributed by atoms with Crippen LogP contribution in [0.2, 0.25) is 0 Å². The van der Waals surface area contributed by atoms with Crippen molar-refractivity contribution in [2.24, 2.45) is 5.73 Å². The third-order valence-corrected chi connectivity index (χ3v) is 2.09. The van der Waals surface area contributed by atoms with Crippen molar-refractivity contribution in [1.82, 2.24) is 20.0 Å². The van der Waals surface area contributed by atoms with Gasteiger partial charge in [0.1, 0.15) is 5.69 Å². The van der Waals surface area contributed by atoms with Crippen molar-refractivity contribution in [3.8, 4) is 17.3 Å². The molecule has 0 unspecified atom stereocenters. The lowest BCUT2D eigenvalue weighted by Crippen LogP contribution is -2.10. The Balaban J connectivity index is 2.27. The predicted octanol–water partition coefficient (Wildman–Crippen LogP) is 0.307. The molecule has 2 N–H and O–H groups in total. The van der Waals surface area contributed by atoms with Crippen LogP contribution in [0.5, 0.6) is 5.88 Å². The summed E-state index contributed by atoms with van der Waals surface area (Å²) in [6.45, 7) is 1.19. The molecule has 0 saturated carbocycles. The van der Waals surface area contributed by atoms with Crippen molar-refractivity contribution in [1.29, 1.82) is 0 Å². The van der Waals surface area contributed by atoms with Gasteiger partial charge in [0, 0.05) is 12.6 Å². The lowest BCUT2D eigenvalue weighted by Gasteiger charge is -1.99. The largest absolute Gasteiger partial charge is 0.481 e. The van der Waals surface area contributed by atoms with Crippen LogP contribution < -0.4 is 10.5 Å². The molecule has 0 radical (unpaired) electrons. The van der Waals surface area contributed by atoms with Gasteiger partial charge in [-0.3, -0.25) is 4.68 Å². The van der Waals surface area contributed by atoms with E-state index in [0.29, 0.717) is 24.7 Å². The smallest absolute Gasteiger partial charge is 0.213 e. The summed E-state index contributed by atoms with van der Waals surface area (Å²) in [5.41, 5.74) is 6.88. The fourth-order valence-corrected chi connectivity index (χ4v) is 1.33. The van der Waals surface area contributed by atoms with Gasteiger partial charge in [-0.25, -0.2) is 4.98 Å². The average Bonchev–Trinajstić information content (AvgIpc) is 2.78. The van der Waals surface area contributed by atoms with E-state index in [1.165, 1.54) is 0 Å². The van der Waals surface area contributed by atoms with Gasteiger partial charge in [0.25, 0.3) is 0 Å². The Morgan fingerprint density at radius 3 is 3.00 bits per heavy atom. The molecule has 0 atom stereocenters. The van der Waals surface area contributed by atoms with E-state index < -0.39 is 0 Å². The Morgan fingerprint density at radius 2 is 2.25 bits per heavy atom. The molecule has 0 fully saturated rings. The number of aromatic nitrogens is 4. The highest BCUT2D eigenvalue weighted by Crippen LogP contribution is 2.16. The van der Waals surface area contributed by atoms with Crippen LogP contribution in [0.15, 0.2) is 24.4 Å². The minimum absolute atomic E-state index is 0.536. The van der Waals surface area contributed by atoms with Crippen LogP contribution in [0, 0.1) is 0 Å². The van der Waals surface area contributed by atoms with Crippen LogP contribution >= 0.6 is 0 Å². The van der Waals surface area contributed by atoms with Crippen LogP contribution in [0.25, 0.3) is 11.4 Å². The molecule has 2 aromatic rings. The maximum Gasteiger partial charge on any atom is 0.213 e. The number of hydrogen-bond donors (Lipinski definition) is 1. The first-order chi connectivity index (χ1) is 7.83. The normalized spacial score (nSPS) is 10.4. The monoisotopic (exact) mass is 219 g/mol. The van der Waals surface area contributed by atoms with Gasteiger partial charge in [-0.1, -0.05) is 11.3 Å². The van der Waals surface area contributed by atoms with Crippen molar-refractivity contribution < 1.29 is 4.74 Å². The van der Waals surface area contributed by atoms with E-state index in [1.807, 2.05) is 18.3 Å². The molecule has 0 spiro atoms. The molecule has 6 heteroatoms. The summed E-state index contributed by atoms with van der Waals surface area (Å²) < 4.78 is 6.74. The Labute approximate surface area is 93.1 Å². The molecule has 0 bridgehead atoms. The molecule has 0 saturated heterocycles. The van der Waals surface area contributed by atoms with E-state index in [0.717, 1.165) is 5.69 Å². The van der Waals surface area contributed by atoms with Gasteiger partial charge in [-0.15, -0.1) is 5.10 Å². The van der Waals surface area contributed by atoms with Gasteiger partial charge in [0.15, 0.2) is 0 Å². The molecular formula is C10H13N5O. The third kappa shape index (κ3) is 2.17. The van der Waals surface area contributed by atoms with Crippen molar-refractivity contribution in [2.75, 3.05) is 13.7 Å². The second-order valence-corrected chi connectivity index (χ2v) is 3.22. The van der Waals surface area contributed by atoms with E-state index >= 15 is 0 Å². The van der Waals surface area contributed by atoms with Crippen LogP contribution in [0.1, 0.15) is 0 Å². The topological polar surface area (TPSA) is 78.9 Å². The van der Waals surface area contributed by atoms with Crippen LogP contribution in [-0.2, 0) is 6.54 Å². The molecular weight excluding hydrogens is 206 g/mol. The summed E-state index contributed by atoms with van der Waals surface area (Å²) in [4.78, 5) is 4.27. The molecule has 2 rings (SSSR count). The van der Waals surface area contributed by atoms with Crippen molar-refractivity contribution in [2.45, 2.75) is 6.54 Å². The summed E-state index contributed by atoms with van der Waals surface area (Å²) in [5, 5.41) is 7.96. The molecule has 0 aliphatic heterocycles. The SMILES string of the molecule is COc1cccc(-c2cn(CCN)nn2)n1. The summed E-state index contributed by atoms with van der Waals surface area (Å²) in [5.74, 6) is 0.561. The number of pyridine rings is 1. The first-order valence-electron chi connectivity index (χ1n) is 4.95. The highest BCUT2D eigenvalue weighted by molar-refractivity contribution is 5.52. The van der Waals surface area contributed by atoms with Crippen molar-refractivity contribution in [3.05, 3.63) is 24.4 Å². The molecule has 0 amide bonds. The van der Waals surface area contributed by atoms with Crippen molar-refractivity contribution in [3.63, 3.8) is 0 Å². The number of rotatable bonds is 4. The van der Waals surface area contributed by atoms with Crippen LogP contribution in [0.4, 0.5) is 0 Å². The minimum atomic E-state index is 0.536. The third-order valence-electron chi connectivity index (χ3n) is 2.09. The van der Waals surface area contributed by atoms with E-state index in [-0.39, 0.29) is 0 Å². The highest BCUT2D eigenvalue weighted by atomic mass is 16.5. The lowest BCUT2D eigenvalue weighted by molar-refractivity contribution is 0.398. The molecule has 0 aliphatic rings. The molecule has 0 aliphatic carbocycles. The van der Waals surface area contributed by atoms with Crippen LogP contribution in [-0.4, -0.2) is 33.6 Å². The van der Waals surface area contributed by atoms with Gasteiger partial charge in [-0.2, -0.15) is 0 Å². The number of methoxy groups -OCH3 is 1. The number of nitrogens with zero attached hydrogens (tertiary/aromatic N) is 4. The molecule has 6 nitrogen and oxygen atoms in total. The standard InChI is InChI=1S/C10H13N5O/c1-16-10-4-2-3-8(12-10)9-7-15(6-5-11)14-13-9/h2-4,7H,5-6,11H2,1H3. The van der Waals surface area contributed by atoms with E-state index in [4.69, 9.17) is 10.5 Å². The summed E-state index contributed by atoms with van der Waals surface area (Å²) in [6.07, 6.45) is 1.81. The number of hydrogen-bond acceptors (Lipinski definition) is 5. The number of ether oxygens (including phenoxy) is 1. The fraction of sp³-hybridized carbons (Fsp3) is 0.300.